The van der Waals surface area contributed by atoms with E-state index in [0.717, 1.165) is 32.5 Å². The number of nitrogens with one attached hydrogen (secondary N) is 2. The lowest BCUT2D eigenvalue weighted by molar-refractivity contribution is -0.117. The SMILES string of the molecule is CCCN(CC(=O)Nc1ccccc1F)C1CCNC1. The molecule has 1 unspecified atom stereocenters. The minimum absolute atomic E-state index is 0.157. The second-order valence-corrected chi connectivity index (χ2v) is 5.15. The first-order valence-electron chi connectivity index (χ1n) is 7.20. The van der Waals surface area contributed by atoms with E-state index >= 15 is 0 Å². The van der Waals surface area contributed by atoms with E-state index in [2.05, 4.69) is 22.5 Å². The molecule has 1 saturated heterocycles. The van der Waals surface area contributed by atoms with Crippen LogP contribution in [0.2, 0.25) is 0 Å². The van der Waals surface area contributed by atoms with Crippen molar-refractivity contribution >= 4 is 11.6 Å². The molecule has 0 aliphatic carbocycles. The van der Waals surface area contributed by atoms with Crippen LogP contribution in [0.5, 0.6) is 0 Å². The molecule has 1 heterocycles. The van der Waals surface area contributed by atoms with E-state index in [-0.39, 0.29) is 11.6 Å². The second kappa shape index (κ2) is 7.36. The lowest BCUT2D eigenvalue weighted by atomic mass is 10.2. The molecule has 20 heavy (non-hydrogen) atoms. The minimum Gasteiger partial charge on any atom is -0.322 e. The van der Waals surface area contributed by atoms with E-state index in [4.69, 9.17) is 0 Å². The number of para-hydroxylation sites is 1. The summed E-state index contributed by atoms with van der Waals surface area (Å²) in [5, 5.41) is 5.96. The van der Waals surface area contributed by atoms with Gasteiger partial charge in [-0.2, -0.15) is 0 Å². The first-order valence-corrected chi connectivity index (χ1v) is 7.20. The van der Waals surface area contributed by atoms with E-state index in [1.807, 2.05) is 0 Å². The molecule has 1 aromatic rings. The maximum atomic E-state index is 13.5. The van der Waals surface area contributed by atoms with Gasteiger partial charge in [0.1, 0.15) is 5.82 Å². The molecule has 0 bridgehead atoms. The van der Waals surface area contributed by atoms with E-state index in [9.17, 15) is 9.18 Å². The van der Waals surface area contributed by atoms with Crippen LogP contribution >= 0.6 is 0 Å². The highest BCUT2D eigenvalue weighted by molar-refractivity contribution is 5.92. The fourth-order valence-corrected chi connectivity index (χ4v) is 2.57. The summed E-state index contributed by atoms with van der Waals surface area (Å²) in [5.41, 5.74) is 0.249. The van der Waals surface area contributed by atoms with Crippen molar-refractivity contribution in [1.82, 2.24) is 10.2 Å². The summed E-state index contributed by atoms with van der Waals surface area (Å²) < 4.78 is 13.5. The molecular formula is C15H22FN3O. The number of halogens is 1. The molecule has 0 radical (unpaired) electrons. The zero-order chi connectivity index (χ0) is 14.4. The Labute approximate surface area is 119 Å². The Hall–Kier alpha value is -1.46. The van der Waals surface area contributed by atoms with E-state index in [0.29, 0.717) is 12.6 Å². The highest BCUT2D eigenvalue weighted by atomic mass is 19.1. The molecule has 0 saturated carbocycles. The largest absolute Gasteiger partial charge is 0.322 e. The van der Waals surface area contributed by atoms with Gasteiger partial charge in [0.15, 0.2) is 0 Å². The number of carbonyl (C=O) groups excluding carboxylic acids is 1. The zero-order valence-electron chi connectivity index (χ0n) is 11.9. The van der Waals surface area contributed by atoms with Gasteiger partial charge in [0, 0.05) is 12.6 Å². The molecular weight excluding hydrogens is 257 g/mol. The summed E-state index contributed by atoms with van der Waals surface area (Å²) in [5.74, 6) is -0.555. The average molecular weight is 279 g/mol. The predicted molar refractivity (Wildman–Crippen MR) is 78.2 cm³/mol. The minimum atomic E-state index is -0.398. The monoisotopic (exact) mass is 279 g/mol. The van der Waals surface area contributed by atoms with Gasteiger partial charge in [-0.05, 0) is 38.1 Å². The van der Waals surface area contributed by atoms with Crippen molar-refractivity contribution in [3.8, 4) is 0 Å². The van der Waals surface area contributed by atoms with Crippen molar-refractivity contribution in [2.45, 2.75) is 25.8 Å². The van der Waals surface area contributed by atoms with Crippen LogP contribution in [0.4, 0.5) is 10.1 Å². The lowest BCUT2D eigenvalue weighted by Crippen LogP contribution is -2.42. The number of hydrogen-bond acceptors (Lipinski definition) is 3. The predicted octanol–water partition coefficient (Wildman–Crippen LogP) is 1.84. The highest BCUT2D eigenvalue weighted by Gasteiger charge is 2.23. The molecule has 5 heteroatoms. The molecule has 0 aromatic heterocycles. The van der Waals surface area contributed by atoms with Crippen LogP contribution in [-0.2, 0) is 4.79 Å². The van der Waals surface area contributed by atoms with E-state index < -0.39 is 5.82 Å². The van der Waals surface area contributed by atoms with Gasteiger partial charge in [-0.15, -0.1) is 0 Å². The van der Waals surface area contributed by atoms with Crippen molar-refractivity contribution in [3.63, 3.8) is 0 Å². The normalized spacial score (nSPS) is 18.4. The molecule has 2 N–H and O–H groups in total. The Bertz CT molecular complexity index is 446. The number of rotatable bonds is 6. The van der Waals surface area contributed by atoms with Gasteiger partial charge in [0.05, 0.1) is 12.2 Å². The van der Waals surface area contributed by atoms with Crippen LogP contribution in [0.1, 0.15) is 19.8 Å². The average Bonchev–Trinajstić information content (AvgIpc) is 2.95. The van der Waals surface area contributed by atoms with Crippen LogP contribution in [0.15, 0.2) is 24.3 Å². The van der Waals surface area contributed by atoms with Gasteiger partial charge in [0.25, 0.3) is 0 Å². The lowest BCUT2D eigenvalue weighted by Gasteiger charge is -2.27. The van der Waals surface area contributed by atoms with Crippen LogP contribution in [0, 0.1) is 5.82 Å². The van der Waals surface area contributed by atoms with Crippen molar-refractivity contribution < 1.29 is 9.18 Å². The smallest absolute Gasteiger partial charge is 0.238 e. The Morgan fingerprint density at radius 2 is 2.30 bits per heavy atom. The summed E-state index contributed by atoms with van der Waals surface area (Å²) in [6.45, 7) is 5.22. The number of carbonyl (C=O) groups is 1. The van der Waals surface area contributed by atoms with Crippen molar-refractivity contribution in [3.05, 3.63) is 30.1 Å². The Balaban J connectivity index is 1.92. The van der Waals surface area contributed by atoms with Gasteiger partial charge in [-0.1, -0.05) is 19.1 Å². The molecule has 1 amide bonds. The molecule has 1 atom stereocenters. The molecule has 1 aromatic carbocycles. The summed E-state index contributed by atoms with van der Waals surface area (Å²) in [7, 11) is 0. The van der Waals surface area contributed by atoms with Crippen molar-refractivity contribution in [1.29, 1.82) is 0 Å². The molecule has 0 spiro atoms. The maximum Gasteiger partial charge on any atom is 0.238 e. The van der Waals surface area contributed by atoms with E-state index in [1.165, 1.54) is 6.07 Å². The number of anilines is 1. The van der Waals surface area contributed by atoms with Gasteiger partial charge >= 0.3 is 0 Å². The zero-order valence-corrected chi connectivity index (χ0v) is 11.9. The van der Waals surface area contributed by atoms with Crippen LogP contribution in [0.25, 0.3) is 0 Å². The number of nitrogens with zero attached hydrogens (tertiary/aromatic N) is 1. The molecule has 1 aliphatic heterocycles. The van der Waals surface area contributed by atoms with Gasteiger partial charge in [-0.25, -0.2) is 4.39 Å². The third-order valence-electron chi connectivity index (χ3n) is 3.56. The molecule has 1 fully saturated rings. The quantitative estimate of drug-likeness (QED) is 0.835. The molecule has 2 rings (SSSR count). The van der Waals surface area contributed by atoms with Crippen LogP contribution in [-0.4, -0.2) is 43.0 Å². The summed E-state index contributed by atoms with van der Waals surface area (Å²) in [4.78, 5) is 14.2. The van der Waals surface area contributed by atoms with Gasteiger partial charge in [0.2, 0.25) is 5.91 Å². The number of hydrogen-bond donors (Lipinski definition) is 2. The highest BCUT2D eigenvalue weighted by Crippen LogP contribution is 2.13. The third kappa shape index (κ3) is 4.02. The van der Waals surface area contributed by atoms with Gasteiger partial charge < -0.3 is 10.6 Å². The van der Waals surface area contributed by atoms with Crippen LogP contribution in [0.3, 0.4) is 0 Å². The maximum absolute atomic E-state index is 13.5. The second-order valence-electron chi connectivity index (χ2n) is 5.15. The fraction of sp³-hybridized carbons (Fsp3) is 0.533. The summed E-state index contributed by atoms with van der Waals surface area (Å²) in [6.07, 6.45) is 2.07. The number of amides is 1. The Morgan fingerprint density at radius 1 is 1.50 bits per heavy atom. The topological polar surface area (TPSA) is 44.4 Å². The van der Waals surface area contributed by atoms with Crippen molar-refractivity contribution in [2.75, 3.05) is 31.5 Å². The standard InChI is InChI=1S/C15H22FN3O/c1-2-9-19(12-7-8-17-10-12)11-15(20)18-14-6-4-3-5-13(14)16/h3-6,12,17H,2,7-11H2,1H3,(H,18,20). The first-order chi connectivity index (χ1) is 9.70. The molecule has 110 valence electrons. The Kier molecular flexibility index (Phi) is 5.49. The van der Waals surface area contributed by atoms with Crippen molar-refractivity contribution in [2.24, 2.45) is 0 Å². The fourth-order valence-electron chi connectivity index (χ4n) is 2.57. The van der Waals surface area contributed by atoms with Gasteiger partial charge in [-0.3, -0.25) is 9.69 Å². The van der Waals surface area contributed by atoms with E-state index in [1.54, 1.807) is 18.2 Å². The third-order valence-corrected chi connectivity index (χ3v) is 3.56. The number of benzene rings is 1. The first kappa shape index (κ1) is 14.9. The molecule has 4 nitrogen and oxygen atoms in total. The molecule has 1 aliphatic rings. The summed E-state index contributed by atoms with van der Waals surface area (Å²) >= 11 is 0. The summed E-state index contributed by atoms with van der Waals surface area (Å²) in [6, 6.07) is 6.65. The Morgan fingerprint density at radius 3 is 2.95 bits per heavy atom. The van der Waals surface area contributed by atoms with Crippen LogP contribution < -0.4 is 10.6 Å².